The van der Waals surface area contributed by atoms with Crippen molar-refractivity contribution in [3.63, 3.8) is 0 Å². The van der Waals surface area contributed by atoms with Gasteiger partial charge in [0.05, 0.1) is 6.42 Å². The summed E-state index contributed by atoms with van der Waals surface area (Å²) in [7, 11) is 0. The molecule has 0 fully saturated rings. The normalized spacial score (nSPS) is 12.6. The molecule has 0 radical (unpaired) electrons. The number of aromatic nitrogens is 4. The molecule has 1 amide bonds. The molecule has 2 N–H and O–H groups in total. The smallest absolute Gasteiger partial charge is 0.305 e. The topological polar surface area (TPSA) is 109 Å². The van der Waals surface area contributed by atoms with E-state index >= 15 is 0 Å². The van der Waals surface area contributed by atoms with E-state index < -0.39 is 17.9 Å². The minimum atomic E-state index is -0.963. The maximum atomic E-state index is 12.2. The molecule has 0 aliphatic carbocycles. The molecule has 2 rings (SSSR count). The highest BCUT2D eigenvalue weighted by molar-refractivity contribution is 5.91. The first-order valence-electron chi connectivity index (χ1n) is 6.59. The molecule has 8 heteroatoms. The van der Waals surface area contributed by atoms with E-state index in [0.29, 0.717) is 5.78 Å². The van der Waals surface area contributed by atoms with Gasteiger partial charge in [0, 0.05) is 17.9 Å². The quantitative estimate of drug-likeness (QED) is 0.837. The number of amides is 1. The third kappa shape index (κ3) is 3.33. The number of carboxylic acid groups (broad SMARTS) is 1. The molecule has 0 aromatic carbocycles. The fourth-order valence-electron chi connectivity index (χ4n) is 1.88. The lowest BCUT2D eigenvalue weighted by molar-refractivity contribution is -0.137. The summed E-state index contributed by atoms with van der Waals surface area (Å²) >= 11 is 0. The van der Waals surface area contributed by atoms with Crippen LogP contribution in [0.25, 0.3) is 5.78 Å². The fourth-order valence-corrected chi connectivity index (χ4v) is 1.88. The first kappa shape index (κ1) is 14.9. The zero-order valence-electron chi connectivity index (χ0n) is 12.1. The van der Waals surface area contributed by atoms with Crippen molar-refractivity contribution in [2.75, 3.05) is 0 Å². The first-order valence-corrected chi connectivity index (χ1v) is 6.59. The SMILES string of the molecule is Cc1ccnc2nc(C(=O)NC(CC(=O)O)C(C)C)nn12. The van der Waals surface area contributed by atoms with E-state index in [1.807, 2.05) is 20.8 Å². The zero-order chi connectivity index (χ0) is 15.6. The van der Waals surface area contributed by atoms with Crippen LogP contribution in [0.1, 0.15) is 36.6 Å². The average molecular weight is 291 g/mol. The predicted molar refractivity (Wildman–Crippen MR) is 73.9 cm³/mol. The molecule has 0 aliphatic rings. The van der Waals surface area contributed by atoms with Crippen LogP contribution in [-0.4, -0.2) is 42.6 Å². The number of hydrogen-bond acceptors (Lipinski definition) is 5. The Balaban J connectivity index is 2.21. The Morgan fingerprint density at radius 2 is 2.14 bits per heavy atom. The molecule has 21 heavy (non-hydrogen) atoms. The second kappa shape index (κ2) is 5.86. The van der Waals surface area contributed by atoms with Crippen molar-refractivity contribution < 1.29 is 14.7 Å². The number of nitrogens with one attached hydrogen (secondary N) is 1. The summed E-state index contributed by atoms with van der Waals surface area (Å²) in [6, 6.07) is 1.28. The van der Waals surface area contributed by atoms with E-state index in [1.165, 1.54) is 4.52 Å². The summed E-state index contributed by atoms with van der Waals surface area (Å²) in [5.41, 5.74) is 0.803. The highest BCUT2D eigenvalue weighted by atomic mass is 16.4. The second-order valence-corrected chi connectivity index (χ2v) is 5.16. The van der Waals surface area contributed by atoms with Crippen LogP contribution in [0, 0.1) is 12.8 Å². The van der Waals surface area contributed by atoms with Crippen LogP contribution < -0.4 is 5.32 Å². The number of carbonyl (C=O) groups is 2. The Morgan fingerprint density at radius 3 is 2.71 bits per heavy atom. The van der Waals surface area contributed by atoms with Gasteiger partial charge in [-0.05, 0) is 18.9 Å². The molecule has 8 nitrogen and oxygen atoms in total. The van der Waals surface area contributed by atoms with Crippen LogP contribution in [-0.2, 0) is 4.79 Å². The molecular weight excluding hydrogens is 274 g/mol. The van der Waals surface area contributed by atoms with E-state index in [-0.39, 0.29) is 18.2 Å². The minimum absolute atomic E-state index is 0.0121. The van der Waals surface area contributed by atoms with Crippen molar-refractivity contribution in [1.29, 1.82) is 0 Å². The molecule has 2 aromatic heterocycles. The van der Waals surface area contributed by atoms with Crippen LogP contribution in [0.4, 0.5) is 0 Å². The molecule has 0 saturated carbocycles. The average Bonchev–Trinajstić information content (AvgIpc) is 2.82. The number of nitrogens with zero attached hydrogens (tertiary/aromatic N) is 4. The third-order valence-corrected chi connectivity index (χ3v) is 3.15. The molecule has 112 valence electrons. The third-order valence-electron chi connectivity index (χ3n) is 3.15. The summed E-state index contributed by atoms with van der Waals surface area (Å²) in [4.78, 5) is 31.0. The molecule has 0 aliphatic heterocycles. The van der Waals surface area contributed by atoms with E-state index in [2.05, 4.69) is 20.4 Å². The van der Waals surface area contributed by atoms with Crippen LogP contribution in [0.2, 0.25) is 0 Å². The number of carboxylic acids is 1. The Kier molecular flexibility index (Phi) is 4.15. The van der Waals surface area contributed by atoms with Gasteiger partial charge in [-0.2, -0.15) is 4.98 Å². The second-order valence-electron chi connectivity index (χ2n) is 5.16. The highest BCUT2D eigenvalue weighted by Crippen LogP contribution is 2.08. The number of aryl methyl sites for hydroxylation is 1. The van der Waals surface area contributed by atoms with Gasteiger partial charge in [0.25, 0.3) is 11.7 Å². The summed E-state index contributed by atoms with van der Waals surface area (Å²) in [6.45, 7) is 5.51. The summed E-state index contributed by atoms with van der Waals surface area (Å²) in [5.74, 6) is -1.16. The van der Waals surface area contributed by atoms with Crippen molar-refractivity contribution in [3.8, 4) is 0 Å². The molecule has 2 heterocycles. The van der Waals surface area contributed by atoms with Gasteiger partial charge in [-0.25, -0.2) is 9.50 Å². The van der Waals surface area contributed by atoms with Gasteiger partial charge in [-0.15, -0.1) is 5.10 Å². The van der Waals surface area contributed by atoms with Crippen molar-refractivity contribution >= 4 is 17.7 Å². The van der Waals surface area contributed by atoms with Gasteiger partial charge < -0.3 is 10.4 Å². The van der Waals surface area contributed by atoms with Gasteiger partial charge in [0.1, 0.15) is 0 Å². The molecular formula is C13H17N5O3. The molecule has 0 saturated heterocycles. The molecule has 1 unspecified atom stereocenters. The van der Waals surface area contributed by atoms with Crippen molar-refractivity contribution in [2.24, 2.45) is 5.92 Å². The first-order chi connectivity index (χ1) is 9.88. The number of rotatable bonds is 5. The highest BCUT2D eigenvalue weighted by Gasteiger charge is 2.22. The van der Waals surface area contributed by atoms with E-state index in [1.54, 1.807) is 12.3 Å². The van der Waals surface area contributed by atoms with Crippen molar-refractivity contribution in [2.45, 2.75) is 33.2 Å². The van der Waals surface area contributed by atoms with Crippen LogP contribution in [0.15, 0.2) is 12.3 Å². The predicted octanol–water partition coefficient (Wildman–Crippen LogP) is 0.662. The molecule has 2 aromatic rings. The van der Waals surface area contributed by atoms with Gasteiger partial charge in [-0.3, -0.25) is 9.59 Å². The summed E-state index contributed by atoms with van der Waals surface area (Å²) in [6.07, 6.45) is 1.44. The molecule has 0 bridgehead atoms. The van der Waals surface area contributed by atoms with E-state index in [0.717, 1.165) is 5.69 Å². The number of fused-ring (bicyclic) bond motifs is 1. The Labute approximate surface area is 121 Å². The lowest BCUT2D eigenvalue weighted by Crippen LogP contribution is -2.40. The van der Waals surface area contributed by atoms with E-state index in [9.17, 15) is 9.59 Å². The van der Waals surface area contributed by atoms with Crippen molar-refractivity contribution in [3.05, 3.63) is 23.8 Å². The standard InChI is InChI=1S/C13H17N5O3/c1-7(2)9(6-10(19)20)15-12(21)11-16-13-14-5-4-8(3)18(13)17-11/h4-5,7,9H,6H2,1-3H3,(H,15,21)(H,19,20). The zero-order valence-corrected chi connectivity index (χ0v) is 12.1. The largest absolute Gasteiger partial charge is 0.481 e. The minimum Gasteiger partial charge on any atom is -0.481 e. The monoisotopic (exact) mass is 291 g/mol. The fraction of sp³-hybridized carbons (Fsp3) is 0.462. The molecule has 1 atom stereocenters. The number of carbonyl (C=O) groups excluding carboxylic acids is 1. The van der Waals surface area contributed by atoms with Gasteiger partial charge >= 0.3 is 5.97 Å². The lowest BCUT2D eigenvalue weighted by atomic mass is 10.0. The van der Waals surface area contributed by atoms with Gasteiger partial charge in [0.2, 0.25) is 5.82 Å². The van der Waals surface area contributed by atoms with Gasteiger partial charge in [-0.1, -0.05) is 13.8 Å². The van der Waals surface area contributed by atoms with Crippen molar-refractivity contribution in [1.82, 2.24) is 24.9 Å². The van der Waals surface area contributed by atoms with Gasteiger partial charge in [0.15, 0.2) is 0 Å². The number of hydrogen-bond donors (Lipinski definition) is 2. The Hall–Kier alpha value is -2.51. The Morgan fingerprint density at radius 1 is 1.43 bits per heavy atom. The summed E-state index contributed by atoms with van der Waals surface area (Å²) in [5, 5.41) is 15.6. The number of aliphatic carboxylic acids is 1. The molecule has 0 spiro atoms. The maximum absolute atomic E-state index is 12.2. The van der Waals surface area contributed by atoms with Crippen LogP contribution >= 0.6 is 0 Å². The van der Waals surface area contributed by atoms with Crippen LogP contribution in [0.5, 0.6) is 0 Å². The maximum Gasteiger partial charge on any atom is 0.305 e. The van der Waals surface area contributed by atoms with Crippen LogP contribution in [0.3, 0.4) is 0 Å². The van der Waals surface area contributed by atoms with E-state index in [4.69, 9.17) is 5.11 Å². The lowest BCUT2D eigenvalue weighted by Gasteiger charge is -2.19. The summed E-state index contributed by atoms with van der Waals surface area (Å²) < 4.78 is 1.47. The Bertz CT molecular complexity index is 679.